The lowest BCUT2D eigenvalue weighted by atomic mass is 10.1. The first-order valence-corrected chi connectivity index (χ1v) is 7.05. The Morgan fingerprint density at radius 3 is 2.62 bits per heavy atom. The first-order chi connectivity index (χ1) is 9.90. The molecule has 21 heavy (non-hydrogen) atoms. The quantitative estimate of drug-likeness (QED) is 0.826. The van der Waals surface area contributed by atoms with Gasteiger partial charge in [-0.2, -0.15) is 0 Å². The number of hydrogen-bond acceptors (Lipinski definition) is 3. The second-order valence-corrected chi connectivity index (χ2v) is 5.58. The van der Waals surface area contributed by atoms with Gasteiger partial charge in [-0.05, 0) is 25.0 Å². The summed E-state index contributed by atoms with van der Waals surface area (Å²) in [4.78, 5) is 24.7. The zero-order chi connectivity index (χ0) is 15.6. The molecule has 2 rings (SSSR count). The van der Waals surface area contributed by atoms with Gasteiger partial charge in [0.15, 0.2) is 0 Å². The molecule has 0 radical (unpaired) electrons. The van der Waals surface area contributed by atoms with Crippen molar-refractivity contribution in [2.45, 2.75) is 37.9 Å². The normalized spacial score (nSPS) is 15.6. The van der Waals surface area contributed by atoms with Crippen molar-refractivity contribution < 1.29 is 14.0 Å². The molecule has 4 N–H and O–H groups in total. The molecule has 1 aliphatic carbocycles. The van der Waals surface area contributed by atoms with E-state index in [9.17, 15) is 14.0 Å². The number of rotatable bonds is 6. The highest BCUT2D eigenvalue weighted by molar-refractivity contribution is 6.31. The van der Waals surface area contributed by atoms with E-state index in [1.54, 1.807) is 6.07 Å². The monoisotopic (exact) mass is 313 g/mol. The molecular formula is C14H17ClFN3O2. The summed E-state index contributed by atoms with van der Waals surface area (Å²) < 4.78 is 13.8. The second kappa shape index (κ2) is 6.41. The van der Waals surface area contributed by atoms with Gasteiger partial charge in [0.1, 0.15) is 5.82 Å². The van der Waals surface area contributed by atoms with Crippen LogP contribution in [0.3, 0.4) is 0 Å². The summed E-state index contributed by atoms with van der Waals surface area (Å²) in [6, 6.07) is 3.38. The van der Waals surface area contributed by atoms with Crippen molar-refractivity contribution in [2.24, 2.45) is 11.5 Å². The van der Waals surface area contributed by atoms with Crippen LogP contribution in [0.4, 0.5) is 4.39 Å². The zero-order valence-electron chi connectivity index (χ0n) is 11.4. The molecule has 0 aliphatic heterocycles. The molecule has 7 heteroatoms. The fourth-order valence-corrected chi connectivity index (χ4v) is 2.37. The van der Waals surface area contributed by atoms with Gasteiger partial charge in [0.05, 0.1) is 19.0 Å². The molecule has 1 fully saturated rings. The molecule has 1 unspecified atom stereocenters. The Balaban J connectivity index is 2.16. The maximum atomic E-state index is 13.8. The standard InChI is InChI=1S/C14H17ClFN3O2/c15-10-2-1-3-11(16)9(10)7-19(8-4-5-8)14(21)12(17)6-13(18)20/h1-3,8,12H,4-7,17H2,(H2,18,20). The van der Waals surface area contributed by atoms with Crippen LogP contribution in [0, 0.1) is 5.82 Å². The summed E-state index contributed by atoms with van der Waals surface area (Å²) in [5.74, 6) is -1.52. The number of amides is 2. The Morgan fingerprint density at radius 2 is 2.10 bits per heavy atom. The number of hydrogen-bond donors (Lipinski definition) is 2. The van der Waals surface area contributed by atoms with E-state index in [2.05, 4.69) is 0 Å². The average Bonchev–Trinajstić information content (AvgIpc) is 3.21. The third kappa shape index (κ3) is 3.92. The number of nitrogens with two attached hydrogens (primary N) is 2. The summed E-state index contributed by atoms with van der Waals surface area (Å²) >= 11 is 5.98. The molecule has 2 amide bonds. The van der Waals surface area contributed by atoms with Crippen molar-refractivity contribution in [2.75, 3.05) is 0 Å². The Morgan fingerprint density at radius 1 is 1.43 bits per heavy atom. The lowest BCUT2D eigenvalue weighted by molar-refractivity contribution is -0.135. The van der Waals surface area contributed by atoms with Gasteiger partial charge >= 0.3 is 0 Å². The second-order valence-electron chi connectivity index (χ2n) is 5.17. The molecule has 0 aromatic heterocycles. The van der Waals surface area contributed by atoms with Crippen LogP contribution in [-0.2, 0) is 16.1 Å². The molecule has 0 saturated heterocycles. The van der Waals surface area contributed by atoms with Crippen LogP contribution in [0.2, 0.25) is 5.02 Å². The molecule has 1 aromatic carbocycles. The highest BCUT2D eigenvalue weighted by atomic mass is 35.5. The number of carbonyl (C=O) groups is 2. The SMILES string of the molecule is NC(=O)CC(N)C(=O)N(Cc1c(F)cccc1Cl)C1CC1. The number of primary amides is 1. The zero-order valence-corrected chi connectivity index (χ0v) is 12.1. The van der Waals surface area contributed by atoms with E-state index in [0.717, 1.165) is 12.8 Å². The highest BCUT2D eigenvalue weighted by Crippen LogP contribution is 2.31. The molecule has 0 bridgehead atoms. The van der Waals surface area contributed by atoms with Crippen LogP contribution in [0.25, 0.3) is 0 Å². The van der Waals surface area contributed by atoms with Gasteiger partial charge in [-0.3, -0.25) is 9.59 Å². The van der Waals surface area contributed by atoms with Gasteiger partial charge in [0, 0.05) is 16.6 Å². The van der Waals surface area contributed by atoms with Crippen LogP contribution in [0.1, 0.15) is 24.8 Å². The molecule has 1 aromatic rings. The highest BCUT2D eigenvalue weighted by Gasteiger charge is 2.35. The van der Waals surface area contributed by atoms with Gasteiger partial charge in [0.2, 0.25) is 11.8 Å². The maximum Gasteiger partial charge on any atom is 0.240 e. The van der Waals surface area contributed by atoms with Gasteiger partial charge < -0.3 is 16.4 Å². The van der Waals surface area contributed by atoms with Gasteiger partial charge in [-0.1, -0.05) is 17.7 Å². The summed E-state index contributed by atoms with van der Waals surface area (Å²) in [5.41, 5.74) is 11.0. The fraction of sp³-hybridized carbons (Fsp3) is 0.429. The molecule has 1 aliphatic rings. The topological polar surface area (TPSA) is 89.4 Å². The third-order valence-corrected chi connectivity index (χ3v) is 3.75. The van der Waals surface area contributed by atoms with E-state index in [1.807, 2.05) is 0 Å². The van der Waals surface area contributed by atoms with E-state index < -0.39 is 23.7 Å². The van der Waals surface area contributed by atoms with Gasteiger partial charge in [-0.15, -0.1) is 0 Å². The summed E-state index contributed by atoms with van der Waals surface area (Å²) in [6.07, 6.45) is 1.44. The summed E-state index contributed by atoms with van der Waals surface area (Å²) in [7, 11) is 0. The van der Waals surface area contributed by atoms with Crippen molar-refractivity contribution >= 4 is 23.4 Å². The Hall–Kier alpha value is -1.66. The van der Waals surface area contributed by atoms with Gasteiger partial charge in [-0.25, -0.2) is 4.39 Å². The Labute approximate surface area is 127 Å². The molecule has 0 heterocycles. The molecule has 114 valence electrons. The minimum absolute atomic E-state index is 0.0205. The predicted octanol–water partition coefficient (Wildman–Crippen LogP) is 1.17. The first-order valence-electron chi connectivity index (χ1n) is 6.67. The third-order valence-electron chi connectivity index (χ3n) is 3.40. The van der Waals surface area contributed by atoms with E-state index in [4.69, 9.17) is 23.1 Å². The maximum absolute atomic E-state index is 13.8. The first kappa shape index (κ1) is 15.7. The van der Waals surface area contributed by atoms with E-state index in [1.165, 1.54) is 17.0 Å². The van der Waals surface area contributed by atoms with Crippen LogP contribution in [0.5, 0.6) is 0 Å². The summed E-state index contributed by atoms with van der Waals surface area (Å²) in [6.45, 7) is 0.0431. The smallest absolute Gasteiger partial charge is 0.240 e. The van der Waals surface area contributed by atoms with Crippen molar-refractivity contribution in [3.8, 4) is 0 Å². The van der Waals surface area contributed by atoms with E-state index in [-0.39, 0.29) is 29.6 Å². The number of halogens is 2. The largest absolute Gasteiger partial charge is 0.370 e. The lowest BCUT2D eigenvalue weighted by Crippen LogP contribution is -2.46. The van der Waals surface area contributed by atoms with Crippen molar-refractivity contribution in [1.82, 2.24) is 4.90 Å². The van der Waals surface area contributed by atoms with Crippen molar-refractivity contribution in [3.05, 3.63) is 34.6 Å². The predicted molar refractivity (Wildman–Crippen MR) is 76.8 cm³/mol. The van der Waals surface area contributed by atoms with Crippen LogP contribution in [0.15, 0.2) is 18.2 Å². The average molecular weight is 314 g/mol. The van der Waals surface area contributed by atoms with Crippen LogP contribution < -0.4 is 11.5 Å². The number of nitrogens with zero attached hydrogens (tertiary/aromatic N) is 1. The van der Waals surface area contributed by atoms with Crippen LogP contribution in [-0.4, -0.2) is 28.8 Å². The molecule has 0 spiro atoms. The van der Waals surface area contributed by atoms with Crippen LogP contribution >= 0.6 is 11.6 Å². The minimum atomic E-state index is -1.01. The molecular weight excluding hydrogens is 297 g/mol. The Bertz CT molecular complexity index is 543. The van der Waals surface area contributed by atoms with E-state index >= 15 is 0 Å². The minimum Gasteiger partial charge on any atom is -0.370 e. The van der Waals surface area contributed by atoms with Crippen molar-refractivity contribution in [1.29, 1.82) is 0 Å². The Kier molecular flexibility index (Phi) is 4.80. The molecule has 1 saturated carbocycles. The van der Waals surface area contributed by atoms with Gasteiger partial charge in [0.25, 0.3) is 0 Å². The lowest BCUT2D eigenvalue weighted by Gasteiger charge is -2.26. The molecule has 1 atom stereocenters. The number of benzene rings is 1. The number of carbonyl (C=O) groups excluding carboxylic acids is 2. The van der Waals surface area contributed by atoms with E-state index in [0.29, 0.717) is 0 Å². The summed E-state index contributed by atoms with van der Waals surface area (Å²) in [5, 5.41) is 0.261. The van der Waals surface area contributed by atoms with Crippen molar-refractivity contribution in [3.63, 3.8) is 0 Å². The fourth-order valence-electron chi connectivity index (χ4n) is 2.14. The molecule has 5 nitrogen and oxygen atoms in total.